The van der Waals surface area contributed by atoms with Crippen LogP contribution in [-0.4, -0.2) is 21.0 Å². The number of hydrogen-bond acceptors (Lipinski definition) is 4. The van der Waals surface area contributed by atoms with Crippen molar-refractivity contribution in [1.29, 1.82) is 0 Å². The Kier molecular flexibility index (Phi) is 3.04. The van der Waals surface area contributed by atoms with Crippen LogP contribution in [0.4, 0.5) is 13.2 Å². The van der Waals surface area contributed by atoms with Crippen LogP contribution in [0, 0.1) is 0 Å². The minimum absolute atomic E-state index is 0.118. The van der Waals surface area contributed by atoms with Gasteiger partial charge in [0, 0.05) is 18.0 Å². The maximum Gasteiger partial charge on any atom is 0.443 e. The van der Waals surface area contributed by atoms with Gasteiger partial charge in [0.15, 0.2) is 10.7 Å². The summed E-state index contributed by atoms with van der Waals surface area (Å²) in [5.41, 5.74) is -0.173. The molecule has 8 heteroatoms. The van der Waals surface area contributed by atoms with Crippen molar-refractivity contribution in [2.75, 3.05) is 0 Å². The monoisotopic (exact) mass is 274 g/mol. The first-order valence-corrected chi connectivity index (χ1v) is 5.43. The molecule has 0 fully saturated rings. The molecule has 4 nitrogen and oxygen atoms in total. The first-order chi connectivity index (χ1) is 8.39. The van der Waals surface area contributed by atoms with Gasteiger partial charge < -0.3 is 5.11 Å². The Morgan fingerprint density at radius 3 is 2.61 bits per heavy atom. The second-order valence-corrected chi connectivity index (χ2v) is 4.26. The number of aromatic nitrogens is 2. The lowest BCUT2D eigenvalue weighted by atomic mass is 10.2. The highest BCUT2D eigenvalue weighted by molar-refractivity contribution is 7.15. The van der Waals surface area contributed by atoms with Crippen LogP contribution in [0.2, 0.25) is 0 Å². The summed E-state index contributed by atoms with van der Waals surface area (Å²) in [6.07, 6.45) is -2.27. The molecule has 0 aliphatic heterocycles. The standard InChI is InChI=1S/C10H5F3N2O2S/c11-10(12,13)9-15-4-6(18-9)5-2-1-3-14-7(5)8(16)17/h1-4H,(H,16,17). The molecule has 2 aromatic rings. The van der Waals surface area contributed by atoms with Gasteiger partial charge in [0.1, 0.15) is 0 Å². The van der Waals surface area contributed by atoms with E-state index in [9.17, 15) is 18.0 Å². The average Bonchev–Trinajstić information content (AvgIpc) is 2.77. The molecule has 0 radical (unpaired) electrons. The van der Waals surface area contributed by atoms with Crippen molar-refractivity contribution < 1.29 is 23.1 Å². The number of hydrogen-bond donors (Lipinski definition) is 1. The number of carboxylic acids is 1. The molecule has 0 spiro atoms. The summed E-state index contributed by atoms with van der Waals surface area (Å²) in [6, 6.07) is 2.85. The summed E-state index contributed by atoms with van der Waals surface area (Å²) in [7, 11) is 0. The fourth-order valence-electron chi connectivity index (χ4n) is 1.30. The van der Waals surface area contributed by atoms with Crippen molar-refractivity contribution >= 4 is 17.3 Å². The zero-order valence-corrected chi connectivity index (χ0v) is 9.42. The van der Waals surface area contributed by atoms with Gasteiger partial charge in [-0.3, -0.25) is 0 Å². The lowest BCUT2D eigenvalue weighted by molar-refractivity contribution is -0.137. The molecule has 0 unspecified atom stereocenters. The quantitative estimate of drug-likeness (QED) is 0.914. The molecule has 0 bridgehead atoms. The molecular formula is C10H5F3N2O2S. The highest BCUT2D eigenvalue weighted by Gasteiger charge is 2.35. The number of halogens is 3. The summed E-state index contributed by atoms with van der Waals surface area (Å²) >= 11 is 0.385. The Morgan fingerprint density at radius 1 is 1.33 bits per heavy atom. The maximum absolute atomic E-state index is 12.4. The predicted octanol–water partition coefficient (Wildman–Crippen LogP) is 2.92. The summed E-state index contributed by atoms with van der Waals surface area (Å²) in [5, 5.41) is 7.88. The Morgan fingerprint density at radius 2 is 2.06 bits per heavy atom. The third-order valence-electron chi connectivity index (χ3n) is 2.02. The van der Waals surface area contributed by atoms with E-state index in [0.29, 0.717) is 11.3 Å². The van der Waals surface area contributed by atoms with E-state index in [2.05, 4.69) is 9.97 Å². The van der Waals surface area contributed by atoms with Gasteiger partial charge in [0.25, 0.3) is 0 Å². The van der Waals surface area contributed by atoms with Gasteiger partial charge in [-0.15, -0.1) is 11.3 Å². The zero-order valence-electron chi connectivity index (χ0n) is 8.60. The molecule has 1 N–H and O–H groups in total. The van der Waals surface area contributed by atoms with Crippen molar-refractivity contribution in [3.05, 3.63) is 35.2 Å². The third-order valence-corrected chi connectivity index (χ3v) is 3.10. The van der Waals surface area contributed by atoms with Crippen LogP contribution >= 0.6 is 11.3 Å². The van der Waals surface area contributed by atoms with Gasteiger partial charge >= 0.3 is 12.1 Å². The molecule has 18 heavy (non-hydrogen) atoms. The second-order valence-electron chi connectivity index (χ2n) is 3.23. The molecule has 0 amide bonds. The van der Waals surface area contributed by atoms with Crippen molar-refractivity contribution in [2.24, 2.45) is 0 Å². The fourth-order valence-corrected chi connectivity index (χ4v) is 2.11. The fraction of sp³-hybridized carbons (Fsp3) is 0.100. The van der Waals surface area contributed by atoms with Gasteiger partial charge in [-0.1, -0.05) is 0 Å². The van der Waals surface area contributed by atoms with Crippen molar-refractivity contribution in [1.82, 2.24) is 9.97 Å². The predicted molar refractivity (Wildman–Crippen MR) is 57.3 cm³/mol. The van der Waals surface area contributed by atoms with Gasteiger partial charge in [-0.05, 0) is 12.1 Å². The molecule has 0 saturated heterocycles. The van der Waals surface area contributed by atoms with Gasteiger partial charge in [0.2, 0.25) is 0 Å². The van der Waals surface area contributed by atoms with Gasteiger partial charge in [0.05, 0.1) is 4.88 Å². The second kappa shape index (κ2) is 4.37. The van der Waals surface area contributed by atoms with E-state index >= 15 is 0 Å². The van der Waals surface area contributed by atoms with Crippen molar-refractivity contribution in [3.63, 3.8) is 0 Å². The zero-order chi connectivity index (χ0) is 13.3. The van der Waals surface area contributed by atoms with E-state index < -0.39 is 17.2 Å². The molecular weight excluding hydrogens is 269 g/mol. The highest BCUT2D eigenvalue weighted by Crippen LogP contribution is 2.36. The minimum atomic E-state index is -4.53. The topological polar surface area (TPSA) is 63.1 Å². The van der Waals surface area contributed by atoms with Gasteiger partial charge in [-0.2, -0.15) is 13.2 Å². The molecule has 2 heterocycles. The van der Waals surface area contributed by atoms with Crippen molar-refractivity contribution in [3.8, 4) is 10.4 Å². The molecule has 0 saturated carbocycles. The van der Waals surface area contributed by atoms with Crippen LogP contribution < -0.4 is 0 Å². The third kappa shape index (κ3) is 2.33. The number of nitrogens with zero attached hydrogens (tertiary/aromatic N) is 2. The maximum atomic E-state index is 12.4. The lowest BCUT2D eigenvalue weighted by Gasteiger charge is -2.01. The largest absolute Gasteiger partial charge is 0.476 e. The van der Waals surface area contributed by atoms with Crippen LogP contribution in [-0.2, 0) is 6.18 Å². The summed E-state index contributed by atoms with van der Waals surface area (Å²) in [6.45, 7) is 0. The SMILES string of the molecule is O=C(O)c1ncccc1-c1cnc(C(F)(F)F)s1. The van der Waals surface area contributed by atoms with E-state index in [1.807, 2.05) is 0 Å². The summed E-state index contributed by atoms with van der Waals surface area (Å²) < 4.78 is 37.2. The molecule has 2 aromatic heterocycles. The highest BCUT2D eigenvalue weighted by atomic mass is 32.1. The number of carboxylic acid groups (broad SMARTS) is 1. The van der Waals surface area contributed by atoms with Crippen LogP contribution in [0.3, 0.4) is 0 Å². The minimum Gasteiger partial charge on any atom is -0.476 e. The summed E-state index contributed by atoms with van der Waals surface area (Å²) in [5.74, 6) is -1.30. The number of aromatic carboxylic acids is 1. The smallest absolute Gasteiger partial charge is 0.443 e. The Bertz CT molecular complexity index is 595. The van der Waals surface area contributed by atoms with Gasteiger partial charge in [-0.25, -0.2) is 14.8 Å². The number of carbonyl (C=O) groups is 1. The molecule has 94 valence electrons. The van der Waals surface area contributed by atoms with E-state index in [1.165, 1.54) is 18.3 Å². The van der Waals surface area contributed by atoms with E-state index in [4.69, 9.17) is 5.11 Å². The van der Waals surface area contributed by atoms with Crippen LogP contribution in [0.1, 0.15) is 15.5 Å². The Labute approximate surface area is 103 Å². The van der Waals surface area contributed by atoms with E-state index in [-0.39, 0.29) is 16.1 Å². The normalized spacial score (nSPS) is 11.5. The molecule has 0 aromatic carbocycles. The Balaban J connectivity index is 2.50. The number of thiazole rings is 1. The van der Waals surface area contributed by atoms with Crippen molar-refractivity contribution in [2.45, 2.75) is 6.18 Å². The van der Waals surface area contributed by atoms with Crippen LogP contribution in [0.25, 0.3) is 10.4 Å². The lowest BCUT2D eigenvalue weighted by Crippen LogP contribution is -2.03. The molecule has 0 aliphatic rings. The van der Waals surface area contributed by atoms with E-state index in [1.54, 1.807) is 0 Å². The van der Waals surface area contributed by atoms with Crippen LogP contribution in [0.15, 0.2) is 24.5 Å². The number of pyridine rings is 1. The molecule has 0 aliphatic carbocycles. The van der Waals surface area contributed by atoms with E-state index in [0.717, 1.165) is 6.20 Å². The number of rotatable bonds is 2. The first-order valence-electron chi connectivity index (χ1n) is 4.61. The first kappa shape index (κ1) is 12.5. The summed E-state index contributed by atoms with van der Waals surface area (Å²) in [4.78, 5) is 17.9. The average molecular weight is 274 g/mol. The molecule has 2 rings (SSSR count). The Hall–Kier alpha value is -1.96. The number of alkyl halides is 3. The molecule has 0 atom stereocenters. The van der Waals surface area contributed by atoms with Crippen LogP contribution in [0.5, 0.6) is 0 Å².